The van der Waals surface area contributed by atoms with Crippen molar-refractivity contribution in [2.24, 2.45) is 5.92 Å². The summed E-state index contributed by atoms with van der Waals surface area (Å²) in [6, 6.07) is 19.1. The number of hydrogen-bond donors (Lipinski definition) is 2. The number of nitro benzene ring substituents is 1. The molecule has 0 bridgehead atoms. The molecule has 1 amide bonds. The molecule has 1 saturated carbocycles. The summed E-state index contributed by atoms with van der Waals surface area (Å²) in [6.07, 6.45) is 3.65. The number of non-ortho nitro benzene ring substituents is 1. The maximum Gasteiger partial charge on any atom is 0.270 e. The molecule has 0 spiro atoms. The summed E-state index contributed by atoms with van der Waals surface area (Å²) in [5.41, 5.74) is 0.828. The Morgan fingerprint density at radius 2 is 1.71 bits per heavy atom. The summed E-state index contributed by atoms with van der Waals surface area (Å²) in [4.78, 5) is 35.5. The number of carbonyl (C=O) groups is 1. The Labute approximate surface area is 244 Å². The maximum absolute atomic E-state index is 13.2. The Morgan fingerprint density at radius 3 is 2.40 bits per heavy atom. The number of nitrogens with zero attached hydrogens (tertiary/aromatic N) is 4. The Bertz CT molecular complexity index is 1570. The van der Waals surface area contributed by atoms with Gasteiger partial charge in [0.05, 0.1) is 23.1 Å². The van der Waals surface area contributed by atoms with Crippen LogP contribution in [-0.4, -0.2) is 54.6 Å². The van der Waals surface area contributed by atoms with Gasteiger partial charge in [0.15, 0.2) is 0 Å². The molecule has 1 aromatic heterocycles. The molecule has 4 aromatic rings. The first kappa shape index (κ1) is 28.6. The molecule has 0 aliphatic heterocycles. The molecular weight excluding hydrogens is 536 g/mol. The normalized spacial score (nSPS) is 16.5. The number of nitrogens with one attached hydrogen (secondary N) is 2. The monoisotopic (exact) mass is 570 g/mol. The first-order chi connectivity index (χ1) is 20.3. The van der Waals surface area contributed by atoms with Crippen LogP contribution in [0.3, 0.4) is 0 Å². The number of rotatable bonds is 10. The van der Waals surface area contributed by atoms with Gasteiger partial charge in [-0.15, -0.1) is 0 Å². The highest BCUT2D eigenvalue weighted by Gasteiger charge is 2.24. The average Bonchev–Trinajstić information content (AvgIpc) is 3.00. The SMILES string of the molecule is COc1ccc(Oc2ccc([N+](=O)[O-])cc2C(=O)NCC2CCC(Nc3nc(N(C)C)c4ccccc4n3)CC2)cc1. The van der Waals surface area contributed by atoms with E-state index in [0.717, 1.165) is 42.4 Å². The second-order valence-electron chi connectivity index (χ2n) is 10.6. The van der Waals surface area contributed by atoms with E-state index >= 15 is 0 Å². The van der Waals surface area contributed by atoms with Crippen LogP contribution < -0.4 is 25.0 Å². The Kier molecular flexibility index (Phi) is 8.66. The summed E-state index contributed by atoms with van der Waals surface area (Å²) in [5.74, 6) is 2.74. The number of amides is 1. The predicted molar refractivity (Wildman–Crippen MR) is 162 cm³/mol. The second kappa shape index (κ2) is 12.7. The highest BCUT2D eigenvalue weighted by molar-refractivity contribution is 5.97. The number of anilines is 2. The quantitative estimate of drug-likeness (QED) is 0.179. The molecule has 1 heterocycles. The van der Waals surface area contributed by atoms with Crippen molar-refractivity contribution in [2.75, 3.05) is 38.0 Å². The van der Waals surface area contributed by atoms with Crippen molar-refractivity contribution in [2.45, 2.75) is 31.7 Å². The van der Waals surface area contributed by atoms with Crippen LogP contribution in [0.5, 0.6) is 17.2 Å². The van der Waals surface area contributed by atoms with Gasteiger partial charge in [-0.2, -0.15) is 4.98 Å². The van der Waals surface area contributed by atoms with Crippen LogP contribution in [0.4, 0.5) is 17.5 Å². The Hall–Kier alpha value is -4.93. The molecule has 0 saturated heterocycles. The van der Waals surface area contributed by atoms with Crippen LogP contribution >= 0.6 is 0 Å². The van der Waals surface area contributed by atoms with Gasteiger partial charge in [0.25, 0.3) is 11.6 Å². The number of aromatic nitrogens is 2. The number of methoxy groups -OCH3 is 1. The molecule has 3 aromatic carbocycles. The number of carbonyl (C=O) groups excluding carboxylic acids is 1. The molecule has 0 unspecified atom stereocenters. The highest BCUT2D eigenvalue weighted by atomic mass is 16.6. The predicted octanol–water partition coefficient (Wildman–Crippen LogP) is 5.81. The van der Waals surface area contributed by atoms with Gasteiger partial charge in [0.2, 0.25) is 5.95 Å². The molecule has 1 aliphatic rings. The minimum absolute atomic E-state index is 0.112. The van der Waals surface area contributed by atoms with Crippen LogP contribution in [0.1, 0.15) is 36.0 Å². The largest absolute Gasteiger partial charge is 0.497 e. The van der Waals surface area contributed by atoms with Gasteiger partial charge in [-0.05, 0) is 74.1 Å². The van der Waals surface area contributed by atoms with Crippen molar-refractivity contribution in [1.82, 2.24) is 15.3 Å². The van der Waals surface area contributed by atoms with E-state index in [-0.39, 0.29) is 29.0 Å². The zero-order valence-electron chi connectivity index (χ0n) is 23.9. The first-order valence-corrected chi connectivity index (χ1v) is 13.9. The van der Waals surface area contributed by atoms with Crippen molar-refractivity contribution in [3.63, 3.8) is 0 Å². The molecule has 11 nitrogen and oxygen atoms in total. The molecule has 11 heteroatoms. The van der Waals surface area contributed by atoms with Gasteiger partial charge in [-0.1, -0.05) is 12.1 Å². The molecule has 2 N–H and O–H groups in total. The summed E-state index contributed by atoms with van der Waals surface area (Å²) in [6.45, 7) is 0.466. The fraction of sp³-hybridized carbons (Fsp3) is 0.323. The van der Waals surface area contributed by atoms with E-state index in [9.17, 15) is 14.9 Å². The third-order valence-electron chi connectivity index (χ3n) is 7.44. The van der Waals surface area contributed by atoms with E-state index in [1.54, 1.807) is 31.4 Å². The molecule has 0 atom stereocenters. The Balaban J connectivity index is 1.19. The van der Waals surface area contributed by atoms with Crippen molar-refractivity contribution >= 4 is 34.3 Å². The molecule has 0 radical (unpaired) electrons. The summed E-state index contributed by atoms with van der Waals surface area (Å²) >= 11 is 0. The van der Waals surface area contributed by atoms with E-state index in [0.29, 0.717) is 24.0 Å². The van der Waals surface area contributed by atoms with Crippen LogP contribution in [0.15, 0.2) is 66.7 Å². The lowest BCUT2D eigenvalue weighted by Crippen LogP contribution is -2.34. The standard InChI is InChI=1S/C31H34N6O5/c1-36(2)29-25-6-4-5-7-27(25)34-31(35-29)33-21-10-8-20(9-11-21)19-32-30(38)26-18-22(37(39)40)12-17-28(26)42-24-15-13-23(41-3)14-16-24/h4-7,12-18,20-21H,8-11,19H2,1-3H3,(H,32,38)(H,33,34,35). The molecule has 218 valence electrons. The van der Waals surface area contributed by atoms with Crippen molar-refractivity contribution in [3.8, 4) is 17.2 Å². The number of nitro groups is 1. The number of fused-ring (bicyclic) bond motifs is 1. The summed E-state index contributed by atoms with van der Waals surface area (Å²) in [7, 11) is 5.51. The maximum atomic E-state index is 13.2. The van der Waals surface area contributed by atoms with E-state index in [1.807, 2.05) is 43.3 Å². The van der Waals surface area contributed by atoms with Crippen LogP contribution in [-0.2, 0) is 0 Å². The number of para-hydroxylation sites is 1. The molecule has 1 fully saturated rings. The third kappa shape index (κ3) is 6.68. The summed E-state index contributed by atoms with van der Waals surface area (Å²) < 4.78 is 11.1. The van der Waals surface area contributed by atoms with Gasteiger partial charge in [0, 0.05) is 44.2 Å². The van der Waals surface area contributed by atoms with E-state index in [2.05, 4.69) is 10.6 Å². The molecular formula is C31H34N6O5. The number of ether oxygens (including phenoxy) is 2. The van der Waals surface area contributed by atoms with Gasteiger partial charge in [0.1, 0.15) is 23.1 Å². The molecule has 42 heavy (non-hydrogen) atoms. The minimum Gasteiger partial charge on any atom is -0.497 e. The molecule has 1 aliphatic carbocycles. The van der Waals surface area contributed by atoms with Gasteiger partial charge >= 0.3 is 0 Å². The van der Waals surface area contributed by atoms with Crippen LogP contribution in [0.25, 0.3) is 10.9 Å². The fourth-order valence-electron chi connectivity index (χ4n) is 5.16. The topological polar surface area (TPSA) is 132 Å². The third-order valence-corrected chi connectivity index (χ3v) is 7.44. The smallest absolute Gasteiger partial charge is 0.270 e. The minimum atomic E-state index is -0.525. The van der Waals surface area contributed by atoms with E-state index in [1.165, 1.54) is 18.2 Å². The Morgan fingerprint density at radius 1 is 1.00 bits per heavy atom. The molecule has 5 rings (SSSR count). The zero-order chi connectivity index (χ0) is 29.6. The van der Waals surface area contributed by atoms with E-state index in [4.69, 9.17) is 19.4 Å². The van der Waals surface area contributed by atoms with E-state index < -0.39 is 10.8 Å². The summed E-state index contributed by atoms with van der Waals surface area (Å²) in [5, 5.41) is 18.9. The van der Waals surface area contributed by atoms with Gasteiger partial charge < -0.3 is 25.0 Å². The lowest BCUT2D eigenvalue weighted by Gasteiger charge is -2.29. The van der Waals surface area contributed by atoms with Gasteiger partial charge in [-0.25, -0.2) is 4.98 Å². The number of benzene rings is 3. The van der Waals surface area contributed by atoms with Crippen LogP contribution in [0, 0.1) is 16.0 Å². The van der Waals surface area contributed by atoms with Gasteiger partial charge in [-0.3, -0.25) is 14.9 Å². The van der Waals surface area contributed by atoms with Crippen molar-refractivity contribution < 1.29 is 19.2 Å². The lowest BCUT2D eigenvalue weighted by atomic mass is 9.86. The zero-order valence-corrected chi connectivity index (χ0v) is 23.9. The van der Waals surface area contributed by atoms with Crippen molar-refractivity contribution in [1.29, 1.82) is 0 Å². The average molecular weight is 571 g/mol. The first-order valence-electron chi connectivity index (χ1n) is 13.9. The fourth-order valence-corrected chi connectivity index (χ4v) is 5.16. The van der Waals surface area contributed by atoms with Crippen molar-refractivity contribution in [3.05, 3.63) is 82.4 Å². The number of hydrogen-bond acceptors (Lipinski definition) is 9. The highest BCUT2D eigenvalue weighted by Crippen LogP contribution is 2.31. The second-order valence-corrected chi connectivity index (χ2v) is 10.6. The van der Waals surface area contributed by atoms with Crippen LogP contribution in [0.2, 0.25) is 0 Å². The lowest BCUT2D eigenvalue weighted by molar-refractivity contribution is -0.384.